The Morgan fingerprint density at radius 1 is 1.17 bits per heavy atom. The number of nitrogens with one attached hydrogen (secondary N) is 1. The SMILES string of the molecule is O=C(CCCc1ccncc1)N1CCCC(C2=NS(=O)(=O)c3ccccc3N2)C1. The maximum Gasteiger partial charge on any atom is 0.286 e. The number of carbonyl (C=O) groups is 1. The van der Waals surface area contributed by atoms with E-state index in [0.29, 0.717) is 31.0 Å². The molecule has 4 rings (SSSR count). The first-order valence-electron chi connectivity index (χ1n) is 9.90. The van der Waals surface area contributed by atoms with Gasteiger partial charge in [-0.05, 0) is 55.5 Å². The first kappa shape index (κ1) is 19.6. The van der Waals surface area contributed by atoms with E-state index in [2.05, 4.69) is 14.7 Å². The maximum atomic E-state index is 12.7. The Kier molecular flexibility index (Phi) is 5.62. The molecule has 1 amide bonds. The predicted octanol–water partition coefficient (Wildman–Crippen LogP) is 2.86. The number of para-hydroxylation sites is 1. The van der Waals surface area contributed by atoms with Crippen molar-refractivity contribution in [1.29, 1.82) is 0 Å². The zero-order chi connectivity index (χ0) is 20.3. The van der Waals surface area contributed by atoms with Crippen LogP contribution in [-0.2, 0) is 21.2 Å². The first-order chi connectivity index (χ1) is 14.0. The van der Waals surface area contributed by atoms with Crippen molar-refractivity contribution < 1.29 is 13.2 Å². The number of amides is 1. The predicted molar refractivity (Wildman–Crippen MR) is 111 cm³/mol. The molecule has 1 unspecified atom stereocenters. The average Bonchev–Trinajstić information content (AvgIpc) is 2.74. The van der Waals surface area contributed by atoms with Crippen molar-refractivity contribution in [2.75, 3.05) is 18.4 Å². The lowest BCUT2D eigenvalue weighted by Crippen LogP contribution is -2.44. The lowest BCUT2D eigenvalue weighted by molar-refractivity contribution is -0.132. The summed E-state index contributed by atoms with van der Waals surface area (Å²) in [6.07, 6.45) is 7.27. The maximum absolute atomic E-state index is 12.7. The van der Waals surface area contributed by atoms with Crippen LogP contribution in [0.2, 0.25) is 0 Å². The number of aryl methyl sites for hydroxylation is 1. The summed E-state index contributed by atoms with van der Waals surface area (Å²) < 4.78 is 29.0. The van der Waals surface area contributed by atoms with Gasteiger partial charge in [-0.1, -0.05) is 12.1 Å². The molecule has 0 saturated carbocycles. The lowest BCUT2D eigenvalue weighted by atomic mass is 9.96. The van der Waals surface area contributed by atoms with Crippen LogP contribution < -0.4 is 5.32 Å². The van der Waals surface area contributed by atoms with Crippen LogP contribution in [0.3, 0.4) is 0 Å². The van der Waals surface area contributed by atoms with E-state index >= 15 is 0 Å². The number of rotatable bonds is 5. The van der Waals surface area contributed by atoms with Gasteiger partial charge in [0.15, 0.2) is 0 Å². The van der Waals surface area contributed by atoms with Crippen LogP contribution in [0.5, 0.6) is 0 Å². The summed E-state index contributed by atoms with van der Waals surface area (Å²) in [5, 5.41) is 3.17. The second-order valence-electron chi connectivity index (χ2n) is 7.46. The molecule has 8 heteroatoms. The van der Waals surface area contributed by atoms with Crippen molar-refractivity contribution in [3.8, 4) is 0 Å². The summed E-state index contributed by atoms with van der Waals surface area (Å²) in [5.74, 6) is 0.456. The number of anilines is 1. The number of fused-ring (bicyclic) bond motifs is 1. The molecule has 1 aromatic heterocycles. The number of carbonyl (C=O) groups excluding carboxylic acids is 1. The number of amidine groups is 1. The third-order valence-corrected chi connectivity index (χ3v) is 6.76. The monoisotopic (exact) mass is 412 g/mol. The number of sulfonamides is 1. The minimum Gasteiger partial charge on any atom is -0.342 e. The Hall–Kier alpha value is -2.74. The van der Waals surface area contributed by atoms with Gasteiger partial charge >= 0.3 is 0 Å². The van der Waals surface area contributed by atoms with E-state index < -0.39 is 10.0 Å². The third-order valence-electron chi connectivity index (χ3n) is 5.41. The molecular formula is C21H24N4O3S. The summed E-state index contributed by atoms with van der Waals surface area (Å²) in [6, 6.07) is 10.7. The Bertz CT molecular complexity index is 1020. The molecule has 29 heavy (non-hydrogen) atoms. The highest BCUT2D eigenvalue weighted by atomic mass is 32.2. The lowest BCUT2D eigenvalue weighted by Gasteiger charge is -2.34. The van der Waals surface area contributed by atoms with Crippen molar-refractivity contribution in [1.82, 2.24) is 9.88 Å². The standard InChI is InChI=1S/C21H24N4O3S/c26-20(9-3-5-16-10-12-22-13-11-16)25-14-4-6-17(15-25)21-23-18-7-1-2-8-19(18)29(27,28)24-21/h1-2,7-8,10-13,17H,3-6,9,14-15H2,(H,23,24). The molecule has 2 aliphatic rings. The summed E-state index contributed by atoms with van der Waals surface area (Å²) in [5.41, 5.74) is 1.73. The number of pyridine rings is 1. The topological polar surface area (TPSA) is 91.7 Å². The van der Waals surface area contributed by atoms with Gasteiger partial charge in [-0.15, -0.1) is 4.40 Å². The van der Waals surface area contributed by atoms with Gasteiger partial charge in [0.1, 0.15) is 10.7 Å². The van der Waals surface area contributed by atoms with Crippen molar-refractivity contribution in [2.24, 2.45) is 10.3 Å². The molecule has 1 aromatic carbocycles. The van der Waals surface area contributed by atoms with Gasteiger partial charge in [-0.3, -0.25) is 9.78 Å². The fourth-order valence-corrected chi connectivity index (χ4v) is 5.09. The van der Waals surface area contributed by atoms with E-state index in [1.807, 2.05) is 17.0 Å². The molecule has 0 radical (unpaired) electrons. The van der Waals surface area contributed by atoms with Gasteiger partial charge in [0.25, 0.3) is 10.0 Å². The molecule has 1 saturated heterocycles. The largest absolute Gasteiger partial charge is 0.342 e. The first-order valence-corrected chi connectivity index (χ1v) is 11.3. The highest BCUT2D eigenvalue weighted by Crippen LogP contribution is 2.30. The van der Waals surface area contributed by atoms with E-state index in [1.165, 1.54) is 5.56 Å². The molecule has 1 N–H and O–H groups in total. The highest BCUT2D eigenvalue weighted by Gasteiger charge is 2.32. The minimum atomic E-state index is -3.71. The molecule has 1 atom stereocenters. The second kappa shape index (κ2) is 8.32. The van der Waals surface area contributed by atoms with Gasteiger partial charge < -0.3 is 10.2 Å². The zero-order valence-electron chi connectivity index (χ0n) is 16.1. The third kappa shape index (κ3) is 4.48. The molecule has 7 nitrogen and oxygen atoms in total. The molecule has 1 fully saturated rings. The van der Waals surface area contributed by atoms with Crippen molar-refractivity contribution >= 4 is 27.5 Å². The minimum absolute atomic E-state index is 0.101. The molecule has 0 spiro atoms. The number of hydrogen-bond acceptors (Lipinski definition) is 5. The van der Waals surface area contributed by atoms with Gasteiger partial charge in [0.05, 0.1) is 5.69 Å². The summed E-state index contributed by atoms with van der Waals surface area (Å²) in [4.78, 5) is 18.7. The molecular weight excluding hydrogens is 388 g/mol. The second-order valence-corrected chi connectivity index (χ2v) is 9.03. The molecule has 0 bridgehead atoms. The van der Waals surface area contributed by atoms with Gasteiger partial charge in [0, 0.05) is 37.8 Å². The average molecular weight is 413 g/mol. The van der Waals surface area contributed by atoms with Gasteiger partial charge in [-0.25, -0.2) is 0 Å². The van der Waals surface area contributed by atoms with Crippen LogP contribution in [0.15, 0.2) is 58.1 Å². The van der Waals surface area contributed by atoms with Crippen molar-refractivity contribution in [2.45, 2.75) is 37.0 Å². The zero-order valence-corrected chi connectivity index (χ0v) is 16.9. The van der Waals surface area contributed by atoms with E-state index in [-0.39, 0.29) is 16.7 Å². The van der Waals surface area contributed by atoms with Crippen LogP contribution in [-0.4, -0.2) is 43.1 Å². The Balaban J connectivity index is 1.38. The van der Waals surface area contributed by atoms with Crippen LogP contribution in [0.4, 0.5) is 5.69 Å². The number of piperidine rings is 1. The highest BCUT2D eigenvalue weighted by molar-refractivity contribution is 7.90. The molecule has 3 heterocycles. The molecule has 152 valence electrons. The summed E-state index contributed by atoms with van der Waals surface area (Å²) in [6.45, 7) is 1.21. The van der Waals surface area contributed by atoms with E-state index in [1.54, 1.807) is 36.7 Å². The smallest absolute Gasteiger partial charge is 0.286 e. The number of likely N-dealkylation sites (tertiary alicyclic amines) is 1. The van der Waals surface area contributed by atoms with Crippen molar-refractivity contribution in [3.05, 3.63) is 54.4 Å². The quantitative estimate of drug-likeness (QED) is 0.815. The van der Waals surface area contributed by atoms with Crippen LogP contribution in [0, 0.1) is 5.92 Å². The normalized spacial score (nSPS) is 20.3. The van der Waals surface area contributed by atoms with Gasteiger partial charge in [-0.2, -0.15) is 8.42 Å². The Morgan fingerprint density at radius 2 is 1.97 bits per heavy atom. The summed E-state index contributed by atoms with van der Waals surface area (Å²) >= 11 is 0. The number of nitrogens with zero attached hydrogens (tertiary/aromatic N) is 3. The van der Waals surface area contributed by atoms with E-state index in [0.717, 1.165) is 25.7 Å². The fourth-order valence-electron chi connectivity index (χ4n) is 3.89. The van der Waals surface area contributed by atoms with E-state index in [4.69, 9.17) is 0 Å². The number of benzene rings is 1. The molecule has 2 aliphatic heterocycles. The van der Waals surface area contributed by atoms with Crippen LogP contribution >= 0.6 is 0 Å². The van der Waals surface area contributed by atoms with Gasteiger partial charge in [0.2, 0.25) is 5.91 Å². The Morgan fingerprint density at radius 3 is 2.79 bits per heavy atom. The molecule has 2 aromatic rings. The number of hydrogen-bond donors (Lipinski definition) is 1. The van der Waals surface area contributed by atoms with Crippen LogP contribution in [0.25, 0.3) is 0 Å². The molecule has 0 aliphatic carbocycles. The van der Waals surface area contributed by atoms with E-state index in [9.17, 15) is 13.2 Å². The fraction of sp³-hybridized carbons (Fsp3) is 0.381. The Labute approximate surface area is 170 Å². The summed E-state index contributed by atoms with van der Waals surface area (Å²) in [7, 11) is -3.71. The number of aromatic nitrogens is 1. The van der Waals surface area contributed by atoms with Crippen molar-refractivity contribution in [3.63, 3.8) is 0 Å². The van der Waals surface area contributed by atoms with Crippen LogP contribution in [0.1, 0.15) is 31.2 Å².